The smallest absolute Gasteiger partial charge is 0.307 e. The zero-order valence-corrected chi connectivity index (χ0v) is 21.4. The lowest BCUT2D eigenvalue weighted by Gasteiger charge is -2.40. The third-order valence-corrected chi connectivity index (χ3v) is 8.27. The molecule has 4 nitrogen and oxygen atoms in total. The van der Waals surface area contributed by atoms with Crippen LogP contribution in [0.15, 0.2) is 78.9 Å². The van der Waals surface area contributed by atoms with E-state index in [1.165, 1.54) is 22.4 Å². The number of anilines is 2. The van der Waals surface area contributed by atoms with Gasteiger partial charge in [0.25, 0.3) is 0 Å². The van der Waals surface area contributed by atoms with E-state index in [0.29, 0.717) is 6.54 Å². The lowest BCUT2D eigenvalue weighted by atomic mass is 9.74. The fourth-order valence-corrected chi connectivity index (χ4v) is 6.17. The number of halogens is 1. The summed E-state index contributed by atoms with van der Waals surface area (Å²) >= 11 is 0. The Labute approximate surface area is 217 Å². The van der Waals surface area contributed by atoms with Crippen LogP contribution in [0.4, 0.5) is 20.6 Å². The summed E-state index contributed by atoms with van der Waals surface area (Å²) in [4.78, 5) is 17.8. The first-order valence-electron chi connectivity index (χ1n) is 13.1. The van der Waals surface area contributed by atoms with Gasteiger partial charge in [0.2, 0.25) is 0 Å². The number of benzene rings is 4. The standard InChI is InChI=1S/C32H32FN3O/c1-22-6-5-7-23(2)30(22)34-31(37)36-21-32(28-19-27(33)12-13-29(28)36)14-16-35(17-15-32)20-24-10-11-25-8-3-4-9-26(25)18-24/h3-13,18-19H,14-17,20-21H2,1-2H3,(H,34,37). The third kappa shape index (κ3) is 4.38. The Bertz CT molecular complexity index is 1470. The van der Waals surface area contributed by atoms with Crippen molar-refractivity contribution in [2.75, 3.05) is 29.9 Å². The molecule has 1 saturated heterocycles. The number of hydrogen-bond acceptors (Lipinski definition) is 2. The molecule has 37 heavy (non-hydrogen) atoms. The molecule has 4 aromatic carbocycles. The maximum absolute atomic E-state index is 14.4. The molecule has 2 aliphatic heterocycles. The molecule has 0 radical (unpaired) electrons. The first kappa shape index (κ1) is 23.7. The molecular formula is C32H32FN3O. The van der Waals surface area contributed by atoms with E-state index in [-0.39, 0.29) is 17.3 Å². The van der Waals surface area contributed by atoms with E-state index in [1.54, 1.807) is 12.1 Å². The summed E-state index contributed by atoms with van der Waals surface area (Å²) in [6.45, 7) is 7.30. The number of hydrogen-bond donors (Lipinski definition) is 1. The highest BCUT2D eigenvalue weighted by Crippen LogP contribution is 2.47. The molecule has 2 heterocycles. The molecule has 1 N–H and O–H groups in total. The van der Waals surface area contributed by atoms with Gasteiger partial charge in [-0.15, -0.1) is 0 Å². The zero-order valence-electron chi connectivity index (χ0n) is 21.4. The average Bonchev–Trinajstić information content (AvgIpc) is 3.21. The molecule has 0 unspecified atom stereocenters. The second kappa shape index (κ2) is 9.31. The number of fused-ring (bicyclic) bond motifs is 3. The molecule has 4 aromatic rings. The van der Waals surface area contributed by atoms with Crippen LogP contribution in [0.3, 0.4) is 0 Å². The van der Waals surface area contributed by atoms with E-state index in [2.05, 4.69) is 52.7 Å². The van der Waals surface area contributed by atoms with Crippen molar-refractivity contribution in [3.63, 3.8) is 0 Å². The summed E-state index contributed by atoms with van der Waals surface area (Å²) in [6.07, 6.45) is 1.79. The minimum absolute atomic E-state index is 0.152. The Morgan fingerprint density at radius 1 is 0.892 bits per heavy atom. The average molecular weight is 494 g/mol. The van der Waals surface area contributed by atoms with Crippen LogP contribution in [-0.4, -0.2) is 30.6 Å². The van der Waals surface area contributed by atoms with Gasteiger partial charge in [0.15, 0.2) is 0 Å². The number of amides is 2. The molecule has 188 valence electrons. The summed E-state index contributed by atoms with van der Waals surface area (Å²) in [5.74, 6) is -0.242. The van der Waals surface area contributed by atoms with Crippen LogP contribution in [0, 0.1) is 19.7 Å². The highest BCUT2D eigenvalue weighted by molar-refractivity contribution is 6.04. The maximum Gasteiger partial charge on any atom is 0.326 e. The number of urea groups is 1. The molecule has 1 fully saturated rings. The van der Waals surface area contributed by atoms with E-state index in [9.17, 15) is 9.18 Å². The van der Waals surface area contributed by atoms with Gasteiger partial charge in [-0.3, -0.25) is 9.80 Å². The van der Waals surface area contributed by atoms with Crippen LogP contribution in [-0.2, 0) is 12.0 Å². The normalized spacial score (nSPS) is 16.8. The second-order valence-electron chi connectivity index (χ2n) is 10.7. The Morgan fingerprint density at radius 3 is 2.38 bits per heavy atom. The fourth-order valence-electron chi connectivity index (χ4n) is 6.17. The van der Waals surface area contributed by atoms with Crippen LogP contribution in [0.5, 0.6) is 0 Å². The predicted molar refractivity (Wildman–Crippen MR) is 149 cm³/mol. The van der Waals surface area contributed by atoms with Gasteiger partial charge in [-0.2, -0.15) is 0 Å². The molecule has 0 saturated carbocycles. The zero-order chi connectivity index (χ0) is 25.6. The predicted octanol–water partition coefficient (Wildman–Crippen LogP) is 7.18. The molecule has 0 bridgehead atoms. The summed E-state index contributed by atoms with van der Waals surface area (Å²) in [7, 11) is 0. The topological polar surface area (TPSA) is 35.6 Å². The molecule has 1 spiro atoms. The molecule has 6 rings (SSSR count). The molecule has 0 aromatic heterocycles. The Hall–Kier alpha value is -3.70. The lowest BCUT2D eigenvalue weighted by Crippen LogP contribution is -2.46. The lowest BCUT2D eigenvalue weighted by molar-refractivity contribution is 0.160. The van der Waals surface area contributed by atoms with E-state index >= 15 is 0 Å². The van der Waals surface area contributed by atoms with Gasteiger partial charge in [0.05, 0.1) is 0 Å². The summed E-state index contributed by atoms with van der Waals surface area (Å²) in [5, 5.41) is 5.66. The number of aryl methyl sites for hydroxylation is 2. The van der Waals surface area contributed by atoms with Gasteiger partial charge in [0.1, 0.15) is 5.82 Å². The van der Waals surface area contributed by atoms with Crippen LogP contribution < -0.4 is 10.2 Å². The van der Waals surface area contributed by atoms with E-state index in [4.69, 9.17) is 0 Å². The largest absolute Gasteiger partial charge is 0.326 e. The van der Waals surface area contributed by atoms with Crippen LogP contribution in [0.1, 0.15) is 35.1 Å². The molecule has 0 aliphatic carbocycles. The number of likely N-dealkylation sites (tertiary alicyclic amines) is 1. The van der Waals surface area contributed by atoms with Crippen LogP contribution >= 0.6 is 0 Å². The van der Waals surface area contributed by atoms with Gasteiger partial charge >= 0.3 is 6.03 Å². The number of nitrogens with one attached hydrogen (secondary N) is 1. The molecule has 2 aliphatic rings. The maximum atomic E-state index is 14.4. The number of para-hydroxylation sites is 1. The van der Waals surface area contributed by atoms with E-state index in [1.807, 2.05) is 36.9 Å². The summed E-state index contributed by atoms with van der Waals surface area (Å²) in [6, 6.07) is 25.9. The number of piperidine rings is 1. The SMILES string of the molecule is Cc1cccc(C)c1NC(=O)N1CC2(CCN(Cc3ccc4ccccc4c3)CC2)c2cc(F)ccc21. The van der Waals surface area contributed by atoms with Gasteiger partial charge in [-0.1, -0.05) is 54.6 Å². The highest BCUT2D eigenvalue weighted by Gasteiger charge is 2.46. The minimum atomic E-state index is -0.242. The van der Waals surface area contributed by atoms with Gasteiger partial charge < -0.3 is 5.32 Å². The number of rotatable bonds is 3. The first-order chi connectivity index (χ1) is 17.9. The van der Waals surface area contributed by atoms with E-state index in [0.717, 1.165) is 60.5 Å². The van der Waals surface area contributed by atoms with Crippen LogP contribution in [0.25, 0.3) is 10.8 Å². The number of carbonyl (C=O) groups excluding carboxylic acids is 1. The number of carbonyl (C=O) groups is 1. The Kier molecular flexibility index (Phi) is 5.96. The van der Waals surface area contributed by atoms with Gasteiger partial charge in [0, 0.05) is 29.9 Å². The first-order valence-corrected chi connectivity index (χ1v) is 13.1. The third-order valence-electron chi connectivity index (χ3n) is 8.27. The van der Waals surface area contributed by atoms with Crippen LogP contribution in [0.2, 0.25) is 0 Å². The van der Waals surface area contributed by atoms with E-state index < -0.39 is 0 Å². The Morgan fingerprint density at radius 2 is 1.62 bits per heavy atom. The summed E-state index contributed by atoms with van der Waals surface area (Å²) < 4.78 is 14.4. The highest BCUT2D eigenvalue weighted by atomic mass is 19.1. The monoisotopic (exact) mass is 493 g/mol. The van der Waals surface area contributed by atoms with Crippen molar-refractivity contribution in [3.05, 3.63) is 107 Å². The quantitative estimate of drug-likeness (QED) is 0.328. The molecule has 2 amide bonds. The van der Waals surface area contributed by atoms with Crippen molar-refractivity contribution in [1.82, 2.24) is 4.90 Å². The summed E-state index contributed by atoms with van der Waals surface area (Å²) in [5.41, 5.74) is 5.79. The van der Waals surface area contributed by atoms with Crippen molar-refractivity contribution in [2.45, 2.75) is 38.6 Å². The Balaban J connectivity index is 1.21. The van der Waals surface area contributed by atoms with Crippen molar-refractivity contribution in [3.8, 4) is 0 Å². The minimum Gasteiger partial charge on any atom is -0.307 e. The fraction of sp³-hybridized carbons (Fsp3) is 0.281. The van der Waals surface area contributed by atoms with Gasteiger partial charge in [-0.25, -0.2) is 9.18 Å². The van der Waals surface area contributed by atoms with Crippen molar-refractivity contribution in [1.29, 1.82) is 0 Å². The molecular weight excluding hydrogens is 461 g/mol. The molecule has 5 heteroatoms. The van der Waals surface area contributed by atoms with Crippen molar-refractivity contribution >= 4 is 28.2 Å². The van der Waals surface area contributed by atoms with Gasteiger partial charge in [-0.05, 0) is 97.1 Å². The van der Waals surface area contributed by atoms with Crippen molar-refractivity contribution in [2.24, 2.45) is 0 Å². The molecule has 0 atom stereocenters. The number of nitrogens with zero attached hydrogens (tertiary/aromatic N) is 2. The van der Waals surface area contributed by atoms with Crippen molar-refractivity contribution < 1.29 is 9.18 Å². The second-order valence-corrected chi connectivity index (χ2v) is 10.7.